The minimum atomic E-state index is -0.561. The van der Waals surface area contributed by atoms with Gasteiger partial charge in [0.2, 0.25) is 0 Å². The highest BCUT2D eigenvalue weighted by atomic mass is 79.9. The number of aromatic hydroxyl groups is 2. The van der Waals surface area contributed by atoms with E-state index < -0.39 is 5.41 Å². The van der Waals surface area contributed by atoms with Crippen LogP contribution in [0.25, 0.3) is 0 Å². The van der Waals surface area contributed by atoms with Gasteiger partial charge in [0.05, 0.1) is 8.95 Å². The van der Waals surface area contributed by atoms with E-state index in [0.717, 1.165) is 22.3 Å². The summed E-state index contributed by atoms with van der Waals surface area (Å²) in [7, 11) is 0. The second-order valence-electron chi connectivity index (χ2n) is 7.73. The average molecular weight is 470 g/mol. The van der Waals surface area contributed by atoms with Crippen molar-refractivity contribution in [2.45, 2.75) is 58.8 Å². The van der Waals surface area contributed by atoms with Gasteiger partial charge in [0.1, 0.15) is 11.5 Å². The molecule has 0 atom stereocenters. The molecule has 0 heterocycles. The Balaban J connectivity index is 2.75. The zero-order valence-corrected chi connectivity index (χ0v) is 18.8. The molecule has 136 valence electrons. The van der Waals surface area contributed by atoms with Crippen LogP contribution in [-0.4, -0.2) is 10.2 Å². The normalized spacial score (nSPS) is 12.2. The van der Waals surface area contributed by atoms with Crippen molar-refractivity contribution in [1.29, 1.82) is 0 Å². The summed E-state index contributed by atoms with van der Waals surface area (Å²) in [6, 6.07) is 8.00. The average Bonchev–Trinajstić information content (AvgIpc) is 2.51. The molecule has 2 aromatic carbocycles. The third-order valence-corrected chi connectivity index (χ3v) is 6.06. The van der Waals surface area contributed by atoms with Gasteiger partial charge in [-0.05, 0) is 67.0 Å². The summed E-state index contributed by atoms with van der Waals surface area (Å²) < 4.78 is 1.36. The molecule has 0 aliphatic carbocycles. The fourth-order valence-electron chi connectivity index (χ4n) is 3.00. The fraction of sp³-hybridized carbons (Fsp3) is 0.429. The van der Waals surface area contributed by atoms with Crippen molar-refractivity contribution in [3.8, 4) is 11.5 Å². The number of hydrogen-bond acceptors (Lipinski definition) is 2. The number of rotatable bonds is 4. The molecule has 0 spiro atoms. The minimum Gasteiger partial charge on any atom is -0.506 e. The number of phenolic OH excluding ortho intramolecular Hbond substituents is 2. The van der Waals surface area contributed by atoms with Crippen molar-refractivity contribution in [2.24, 2.45) is 0 Å². The second kappa shape index (κ2) is 7.32. The Morgan fingerprint density at radius 1 is 0.720 bits per heavy atom. The van der Waals surface area contributed by atoms with E-state index in [2.05, 4.69) is 59.6 Å². The van der Waals surface area contributed by atoms with Crippen LogP contribution in [0.15, 0.2) is 33.2 Å². The summed E-state index contributed by atoms with van der Waals surface area (Å²) >= 11 is 6.96. The van der Waals surface area contributed by atoms with Gasteiger partial charge in [-0.25, -0.2) is 0 Å². The van der Waals surface area contributed by atoms with Crippen LogP contribution >= 0.6 is 31.9 Å². The minimum absolute atomic E-state index is 0.222. The van der Waals surface area contributed by atoms with Crippen molar-refractivity contribution in [3.63, 3.8) is 0 Å². The third kappa shape index (κ3) is 3.90. The molecule has 0 saturated heterocycles. The first-order valence-electron chi connectivity index (χ1n) is 8.52. The zero-order valence-electron chi connectivity index (χ0n) is 15.6. The van der Waals surface area contributed by atoms with E-state index >= 15 is 0 Å². The number of hydrogen-bond donors (Lipinski definition) is 2. The lowest BCUT2D eigenvalue weighted by atomic mass is 9.75. The molecule has 0 fully saturated rings. The van der Waals surface area contributed by atoms with Gasteiger partial charge in [-0.2, -0.15) is 0 Å². The van der Waals surface area contributed by atoms with Crippen molar-refractivity contribution in [1.82, 2.24) is 0 Å². The van der Waals surface area contributed by atoms with Gasteiger partial charge in [-0.15, -0.1) is 0 Å². The van der Waals surface area contributed by atoms with Crippen LogP contribution in [0.3, 0.4) is 0 Å². The van der Waals surface area contributed by atoms with Crippen LogP contribution in [0.2, 0.25) is 0 Å². The van der Waals surface area contributed by atoms with Crippen molar-refractivity contribution in [3.05, 3.63) is 55.5 Å². The van der Waals surface area contributed by atoms with Gasteiger partial charge in [0.25, 0.3) is 0 Å². The maximum atomic E-state index is 10.7. The van der Waals surface area contributed by atoms with E-state index in [4.69, 9.17) is 0 Å². The van der Waals surface area contributed by atoms with Gasteiger partial charge in [-0.3, -0.25) is 0 Å². The van der Waals surface area contributed by atoms with E-state index in [1.54, 1.807) is 0 Å². The van der Waals surface area contributed by atoms with Crippen LogP contribution in [0.5, 0.6) is 11.5 Å². The quantitative estimate of drug-likeness (QED) is 0.497. The van der Waals surface area contributed by atoms with Crippen molar-refractivity contribution < 1.29 is 10.2 Å². The summed E-state index contributed by atoms with van der Waals surface area (Å²) in [5.41, 5.74) is 3.33. The second-order valence-corrected chi connectivity index (χ2v) is 9.44. The van der Waals surface area contributed by atoms with E-state index in [1.807, 2.05) is 38.1 Å². The molecule has 2 N–H and O–H groups in total. The number of halogens is 2. The first kappa shape index (κ1) is 20.3. The van der Waals surface area contributed by atoms with E-state index in [1.165, 1.54) is 0 Å². The van der Waals surface area contributed by atoms with Crippen LogP contribution in [0, 0.1) is 0 Å². The predicted molar refractivity (Wildman–Crippen MR) is 112 cm³/mol. The van der Waals surface area contributed by atoms with E-state index in [9.17, 15) is 10.2 Å². The highest BCUT2D eigenvalue weighted by Crippen LogP contribution is 2.47. The molecule has 0 aliphatic rings. The van der Waals surface area contributed by atoms with E-state index in [0.29, 0.717) is 20.8 Å². The summed E-state index contributed by atoms with van der Waals surface area (Å²) in [6.45, 7) is 12.6. The zero-order chi connectivity index (χ0) is 19.1. The molecule has 0 unspecified atom stereocenters. The standard InChI is InChI=1S/C21H26Br2O2/c1-11(2)13-7-15(19(24)17(22)9-13)21(5,6)16-8-14(12(3)4)10-18(23)20(16)25/h7-12,24-25H,1-6H3. The Bertz CT molecular complexity index is 727. The van der Waals surface area contributed by atoms with Gasteiger partial charge < -0.3 is 10.2 Å². The lowest BCUT2D eigenvalue weighted by Crippen LogP contribution is -2.20. The first-order chi connectivity index (χ1) is 11.5. The lowest BCUT2D eigenvalue weighted by Gasteiger charge is -2.30. The van der Waals surface area contributed by atoms with Crippen LogP contribution in [-0.2, 0) is 5.41 Å². The van der Waals surface area contributed by atoms with Crippen LogP contribution in [0.1, 0.15) is 75.6 Å². The smallest absolute Gasteiger partial charge is 0.133 e. The SMILES string of the molecule is CC(C)c1cc(Br)c(O)c(C(C)(C)c2cc(C(C)C)cc(Br)c2O)c1. The molecule has 0 saturated carbocycles. The molecule has 0 aliphatic heterocycles. The summed E-state index contributed by atoms with van der Waals surface area (Å²) in [4.78, 5) is 0. The highest BCUT2D eigenvalue weighted by molar-refractivity contribution is 9.10. The van der Waals surface area contributed by atoms with Crippen molar-refractivity contribution >= 4 is 31.9 Å². The van der Waals surface area contributed by atoms with Crippen molar-refractivity contribution in [2.75, 3.05) is 0 Å². The fourth-order valence-corrected chi connectivity index (χ4v) is 3.96. The van der Waals surface area contributed by atoms with Crippen LogP contribution < -0.4 is 0 Å². The maximum absolute atomic E-state index is 10.7. The highest BCUT2D eigenvalue weighted by Gasteiger charge is 2.32. The molecule has 2 nitrogen and oxygen atoms in total. The first-order valence-corrected chi connectivity index (χ1v) is 10.1. The number of phenols is 2. The van der Waals surface area contributed by atoms with Gasteiger partial charge in [-0.1, -0.05) is 53.7 Å². The third-order valence-electron chi connectivity index (χ3n) is 4.85. The van der Waals surface area contributed by atoms with Crippen LogP contribution in [0.4, 0.5) is 0 Å². The molecular formula is C21H26Br2O2. The van der Waals surface area contributed by atoms with Gasteiger partial charge in [0.15, 0.2) is 0 Å². The van der Waals surface area contributed by atoms with Gasteiger partial charge >= 0.3 is 0 Å². The molecule has 4 heteroatoms. The molecule has 2 aromatic rings. The molecule has 0 amide bonds. The topological polar surface area (TPSA) is 40.5 Å². The van der Waals surface area contributed by atoms with E-state index in [-0.39, 0.29) is 11.5 Å². The Kier molecular flexibility index (Phi) is 5.95. The molecular weight excluding hydrogens is 444 g/mol. The summed E-state index contributed by atoms with van der Waals surface area (Å²) in [6.07, 6.45) is 0. The largest absolute Gasteiger partial charge is 0.506 e. The molecule has 0 aromatic heterocycles. The Labute approximate surface area is 167 Å². The molecule has 0 bridgehead atoms. The Hall–Kier alpha value is -1.00. The molecule has 25 heavy (non-hydrogen) atoms. The Morgan fingerprint density at radius 2 is 1.04 bits per heavy atom. The summed E-state index contributed by atoms with van der Waals surface area (Å²) in [5.74, 6) is 1.13. The monoisotopic (exact) mass is 468 g/mol. The lowest BCUT2D eigenvalue weighted by molar-refractivity contribution is 0.431. The Morgan fingerprint density at radius 3 is 1.32 bits per heavy atom. The molecule has 0 radical (unpaired) electrons. The summed E-state index contributed by atoms with van der Waals surface area (Å²) in [5, 5.41) is 21.4. The maximum Gasteiger partial charge on any atom is 0.133 e. The number of benzene rings is 2. The predicted octanol–water partition coefficient (Wildman–Crippen LogP) is 7.20. The molecule has 2 rings (SSSR count). The van der Waals surface area contributed by atoms with Gasteiger partial charge in [0, 0.05) is 16.5 Å².